The number of benzene rings is 8. The Morgan fingerprint density at radius 3 is 1.31 bits per heavy atom. The predicted molar refractivity (Wildman–Crippen MR) is 216 cm³/mol. The average molecular weight is 654 g/mol. The Bertz CT molecular complexity index is 2540. The summed E-state index contributed by atoms with van der Waals surface area (Å²) in [5.74, 6) is 0. The predicted octanol–water partition coefficient (Wildman–Crippen LogP) is 13.4. The number of nitrogens with zero attached hydrogens (tertiary/aromatic N) is 3. The van der Waals surface area contributed by atoms with Gasteiger partial charge in [-0.1, -0.05) is 121 Å². The lowest BCUT2D eigenvalue weighted by molar-refractivity contribution is 1.18. The Balaban J connectivity index is 1.18. The third kappa shape index (κ3) is 5.71. The molecule has 9 aromatic rings. The van der Waals surface area contributed by atoms with Crippen molar-refractivity contribution < 1.29 is 0 Å². The molecule has 1 heterocycles. The molecule has 242 valence electrons. The van der Waals surface area contributed by atoms with E-state index in [0.29, 0.717) is 0 Å². The molecule has 0 saturated heterocycles. The molecule has 0 unspecified atom stereocenters. The quantitative estimate of drug-likeness (QED) is 0.162. The molecule has 0 aliphatic heterocycles. The summed E-state index contributed by atoms with van der Waals surface area (Å²) in [5, 5.41) is 2.50. The van der Waals surface area contributed by atoms with Gasteiger partial charge in [-0.25, -0.2) is 0 Å². The highest BCUT2D eigenvalue weighted by Crippen LogP contribution is 2.42. The molecule has 0 radical (unpaired) electrons. The first-order valence-electron chi connectivity index (χ1n) is 17.4. The Kier molecular flexibility index (Phi) is 7.84. The molecule has 0 N–H and O–H groups in total. The van der Waals surface area contributed by atoms with Crippen LogP contribution in [0, 0.1) is 0 Å². The van der Waals surface area contributed by atoms with Gasteiger partial charge in [0.2, 0.25) is 0 Å². The monoisotopic (exact) mass is 653 g/mol. The SMILES string of the molecule is c1ccc(N(c2ccccc2)c2cccc(N(c3ccccc3)c3cccc(-c4ccc5c6ccccc6n(-c6ccccc6)c5c4)c3)c2)cc1. The number of aromatic nitrogens is 1. The fourth-order valence-electron chi connectivity index (χ4n) is 7.23. The van der Waals surface area contributed by atoms with Gasteiger partial charge in [0.05, 0.1) is 11.0 Å². The van der Waals surface area contributed by atoms with E-state index in [1.807, 2.05) is 0 Å². The summed E-state index contributed by atoms with van der Waals surface area (Å²) in [4.78, 5) is 4.66. The number of hydrogen-bond donors (Lipinski definition) is 0. The van der Waals surface area contributed by atoms with Crippen LogP contribution in [0.3, 0.4) is 0 Å². The summed E-state index contributed by atoms with van der Waals surface area (Å²) < 4.78 is 2.38. The summed E-state index contributed by atoms with van der Waals surface area (Å²) in [6.45, 7) is 0. The van der Waals surface area contributed by atoms with Crippen LogP contribution in [0.4, 0.5) is 34.1 Å². The molecule has 0 atom stereocenters. The van der Waals surface area contributed by atoms with Gasteiger partial charge in [0.25, 0.3) is 0 Å². The van der Waals surface area contributed by atoms with Crippen molar-refractivity contribution >= 4 is 55.9 Å². The van der Waals surface area contributed by atoms with Gasteiger partial charge in [0, 0.05) is 50.6 Å². The lowest BCUT2D eigenvalue weighted by Crippen LogP contribution is -2.13. The molecule has 1 aromatic heterocycles. The van der Waals surface area contributed by atoms with Crippen molar-refractivity contribution in [2.45, 2.75) is 0 Å². The fourth-order valence-corrected chi connectivity index (χ4v) is 7.23. The second-order valence-electron chi connectivity index (χ2n) is 12.7. The highest BCUT2D eigenvalue weighted by molar-refractivity contribution is 6.10. The molecule has 0 bridgehead atoms. The van der Waals surface area contributed by atoms with Crippen LogP contribution in [0.1, 0.15) is 0 Å². The molecule has 0 spiro atoms. The largest absolute Gasteiger partial charge is 0.310 e. The summed E-state index contributed by atoms with van der Waals surface area (Å²) in [6, 6.07) is 75.7. The number of hydrogen-bond acceptors (Lipinski definition) is 2. The van der Waals surface area contributed by atoms with E-state index in [2.05, 4.69) is 227 Å². The van der Waals surface area contributed by atoms with Crippen LogP contribution in [0.15, 0.2) is 212 Å². The normalized spacial score (nSPS) is 11.1. The lowest BCUT2D eigenvalue weighted by Gasteiger charge is -2.29. The van der Waals surface area contributed by atoms with Gasteiger partial charge in [-0.05, 0) is 102 Å². The van der Waals surface area contributed by atoms with Crippen LogP contribution in [-0.2, 0) is 0 Å². The molecule has 51 heavy (non-hydrogen) atoms. The van der Waals surface area contributed by atoms with Crippen molar-refractivity contribution in [2.24, 2.45) is 0 Å². The van der Waals surface area contributed by atoms with Crippen molar-refractivity contribution in [3.05, 3.63) is 212 Å². The fraction of sp³-hybridized carbons (Fsp3) is 0. The summed E-state index contributed by atoms with van der Waals surface area (Å²) in [6.07, 6.45) is 0. The topological polar surface area (TPSA) is 11.4 Å². The molecular formula is C48H35N3. The van der Waals surface area contributed by atoms with Gasteiger partial charge >= 0.3 is 0 Å². The minimum atomic E-state index is 1.08. The van der Waals surface area contributed by atoms with E-state index < -0.39 is 0 Å². The Morgan fingerprint density at radius 1 is 0.275 bits per heavy atom. The van der Waals surface area contributed by atoms with Crippen LogP contribution in [0.25, 0.3) is 38.6 Å². The third-order valence-electron chi connectivity index (χ3n) is 9.52. The maximum atomic E-state index is 2.38. The van der Waals surface area contributed by atoms with E-state index in [9.17, 15) is 0 Å². The second-order valence-corrected chi connectivity index (χ2v) is 12.7. The van der Waals surface area contributed by atoms with Gasteiger partial charge in [-0.15, -0.1) is 0 Å². The molecule has 0 aliphatic carbocycles. The Labute approximate surface area is 298 Å². The van der Waals surface area contributed by atoms with Gasteiger partial charge in [-0.3, -0.25) is 0 Å². The first kappa shape index (κ1) is 30.2. The maximum Gasteiger partial charge on any atom is 0.0547 e. The van der Waals surface area contributed by atoms with Crippen molar-refractivity contribution in [1.29, 1.82) is 0 Å². The number of para-hydroxylation sites is 5. The van der Waals surface area contributed by atoms with Crippen molar-refractivity contribution in [1.82, 2.24) is 4.57 Å². The third-order valence-corrected chi connectivity index (χ3v) is 9.52. The lowest BCUT2D eigenvalue weighted by atomic mass is 10.0. The number of fused-ring (bicyclic) bond motifs is 3. The molecule has 0 fully saturated rings. The van der Waals surface area contributed by atoms with Gasteiger partial charge in [0.1, 0.15) is 0 Å². The molecule has 0 saturated carbocycles. The zero-order valence-corrected chi connectivity index (χ0v) is 28.0. The van der Waals surface area contributed by atoms with E-state index in [1.165, 1.54) is 27.4 Å². The van der Waals surface area contributed by atoms with Crippen molar-refractivity contribution in [3.63, 3.8) is 0 Å². The second kappa shape index (κ2) is 13.2. The van der Waals surface area contributed by atoms with E-state index in [0.717, 1.165) is 45.4 Å². The molecule has 3 nitrogen and oxygen atoms in total. The number of rotatable bonds is 8. The van der Waals surface area contributed by atoms with Gasteiger partial charge < -0.3 is 14.4 Å². The first-order chi connectivity index (χ1) is 25.3. The van der Waals surface area contributed by atoms with Crippen LogP contribution >= 0.6 is 0 Å². The highest BCUT2D eigenvalue weighted by atomic mass is 15.2. The van der Waals surface area contributed by atoms with Gasteiger partial charge in [0.15, 0.2) is 0 Å². The molecule has 0 amide bonds. The minimum absolute atomic E-state index is 1.08. The zero-order chi connectivity index (χ0) is 34.0. The highest BCUT2D eigenvalue weighted by Gasteiger charge is 2.18. The first-order valence-corrected chi connectivity index (χ1v) is 17.4. The van der Waals surface area contributed by atoms with Crippen LogP contribution < -0.4 is 9.80 Å². The Hall–Kier alpha value is -6.84. The van der Waals surface area contributed by atoms with Gasteiger partial charge in [-0.2, -0.15) is 0 Å². The van der Waals surface area contributed by atoms with E-state index in [1.54, 1.807) is 0 Å². The van der Waals surface area contributed by atoms with Crippen molar-refractivity contribution in [3.8, 4) is 16.8 Å². The summed E-state index contributed by atoms with van der Waals surface area (Å²) in [5.41, 5.74) is 12.5. The van der Waals surface area contributed by atoms with E-state index in [4.69, 9.17) is 0 Å². The van der Waals surface area contributed by atoms with Crippen LogP contribution in [0.2, 0.25) is 0 Å². The molecule has 8 aromatic carbocycles. The van der Waals surface area contributed by atoms with E-state index >= 15 is 0 Å². The molecular weight excluding hydrogens is 619 g/mol. The van der Waals surface area contributed by atoms with Crippen LogP contribution in [-0.4, -0.2) is 4.57 Å². The van der Waals surface area contributed by atoms with Crippen molar-refractivity contribution in [2.75, 3.05) is 9.80 Å². The average Bonchev–Trinajstić information content (AvgIpc) is 3.54. The molecule has 9 rings (SSSR count). The molecule has 0 aliphatic rings. The summed E-state index contributed by atoms with van der Waals surface area (Å²) in [7, 11) is 0. The molecule has 3 heteroatoms. The zero-order valence-electron chi connectivity index (χ0n) is 28.0. The van der Waals surface area contributed by atoms with Crippen LogP contribution in [0.5, 0.6) is 0 Å². The smallest absolute Gasteiger partial charge is 0.0547 e. The standard InChI is InChI=1S/C48H35N3/c1-5-18-38(19-6-1)49(39-20-7-2-8-21-39)43-27-16-28-44(35-43)50(40-22-9-3-10-23-40)42-26-15-17-36(33-42)37-31-32-46-45-29-13-14-30-47(45)51(48(46)34-37)41-24-11-4-12-25-41/h1-35H. The van der Waals surface area contributed by atoms with E-state index in [-0.39, 0.29) is 0 Å². The Morgan fingerprint density at radius 2 is 0.706 bits per heavy atom. The summed E-state index contributed by atoms with van der Waals surface area (Å²) >= 11 is 0. The number of anilines is 6. The maximum absolute atomic E-state index is 2.38. The minimum Gasteiger partial charge on any atom is -0.310 e.